The molecule has 4 saturated carbocycles. The van der Waals surface area contributed by atoms with Crippen molar-refractivity contribution in [1.29, 1.82) is 0 Å². The fourth-order valence-electron chi connectivity index (χ4n) is 11.3. The first-order chi connectivity index (χ1) is 24.2. The summed E-state index contributed by atoms with van der Waals surface area (Å²) in [4.78, 5) is 2.51. The minimum Gasteiger partial charge on any atom is -0.310 e. The lowest BCUT2D eigenvalue weighted by molar-refractivity contribution is -0.0399. The standard InChI is InChI=1S/C48H39N/c1-2-8-33(9-3-1)34-16-18-39(19-17-34)49(40-20-22-43-36(29-40)15-14-35-10-4-5-11-42(35)43)41-21-23-45-44-12-6-7-13-46(44)48(47(45)30-41)37-25-31-24-32(27-37)28-38(48)26-31/h1-23,29-32,37-38H,24-28H2. The van der Waals surface area contributed by atoms with Crippen molar-refractivity contribution in [3.63, 3.8) is 0 Å². The number of hydrogen-bond donors (Lipinski definition) is 0. The second kappa shape index (κ2) is 10.4. The molecule has 0 unspecified atom stereocenters. The number of hydrogen-bond acceptors (Lipinski definition) is 1. The zero-order valence-electron chi connectivity index (χ0n) is 27.7. The highest BCUT2D eigenvalue weighted by molar-refractivity contribution is 6.08. The van der Waals surface area contributed by atoms with Crippen molar-refractivity contribution in [2.24, 2.45) is 23.7 Å². The molecule has 49 heavy (non-hydrogen) atoms. The Morgan fingerprint density at radius 2 is 1.00 bits per heavy atom. The molecule has 7 aromatic carbocycles. The van der Waals surface area contributed by atoms with Gasteiger partial charge in [0.05, 0.1) is 0 Å². The van der Waals surface area contributed by atoms with Crippen LogP contribution in [0.2, 0.25) is 0 Å². The molecular formula is C48H39N. The van der Waals surface area contributed by atoms with Crippen LogP contribution in [0.3, 0.4) is 0 Å². The van der Waals surface area contributed by atoms with Crippen LogP contribution in [0.5, 0.6) is 0 Å². The predicted molar refractivity (Wildman–Crippen MR) is 205 cm³/mol. The van der Waals surface area contributed by atoms with Crippen LogP contribution >= 0.6 is 0 Å². The van der Waals surface area contributed by atoms with Crippen LogP contribution in [0.1, 0.15) is 43.2 Å². The van der Waals surface area contributed by atoms with E-state index in [2.05, 4.69) is 157 Å². The van der Waals surface area contributed by atoms with E-state index in [9.17, 15) is 0 Å². The molecule has 1 heteroatoms. The molecule has 0 heterocycles. The SMILES string of the molecule is c1ccc(-c2ccc(N(c3ccc4c(c3)C3(c5ccccc5-4)C4CC5CC(C4)CC3C5)c3ccc4c(ccc5ccccc54)c3)cc2)cc1. The summed E-state index contributed by atoms with van der Waals surface area (Å²) in [5.41, 5.74) is 12.4. The minimum atomic E-state index is 0.139. The Kier molecular flexibility index (Phi) is 5.91. The largest absolute Gasteiger partial charge is 0.310 e. The van der Waals surface area contributed by atoms with E-state index in [1.807, 2.05) is 0 Å². The van der Waals surface area contributed by atoms with Crippen LogP contribution < -0.4 is 4.90 Å². The minimum absolute atomic E-state index is 0.139. The van der Waals surface area contributed by atoms with Gasteiger partial charge in [0.1, 0.15) is 0 Å². The average Bonchev–Trinajstić information content (AvgIpc) is 3.44. The first-order valence-electron chi connectivity index (χ1n) is 18.4. The predicted octanol–water partition coefficient (Wildman–Crippen LogP) is 12.9. The van der Waals surface area contributed by atoms with E-state index in [-0.39, 0.29) is 5.41 Å². The summed E-state index contributed by atoms with van der Waals surface area (Å²) in [6.07, 6.45) is 7.06. The number of anilines is 3. The lowest BCUT2D eigenvalue weighted by Crippen LogP contribution is -2.55. The average molecular weight is 630 g/mol. The van der Waals surface area contributed by atoms with Crippen molar-refractivity contribution in [2.45, 2.75) is 37.5 Å². The molecule has 4 fully saturated rings. The van der Waals surface area contributed by atoms with Gasteiger partial charge in [0, 0.05) is 22.5 Å². The molecule has 0 aromatic heterocycles. The van der Waals surface area contributed by atoms with Crippen molar-refractivity contribution in [3.05, 3.63) is 163 Å². The van der Waals surface area contributed by atoms with Gasteiger partial charge in [-0.1, -0.05) is 115 Å². The van der Waals surface area contributed by atoms with Crippen molar-refractivity contribution in [3.8, 4) is 22.3 Å². The fraction of sp³-hybridized carbons (Fsp3) is 0.208. The van der Waals surface area contributed by atoms with E-state index in [0.717, 1.165) is 23.7 Å². The molecule has 0 aliphatic heterocycles. The molecule has 4 bridgehead atoms. The van der Waals surface area contributed by atoms with E-state index < -0.39 is 0 Å². The van der Waals surface area contributed by atoms with Crippen molar-refractivity contribution < 1.29 is 0 Å². The summed E-state index contributed by atoms with van der Waals surface area (Å²) >= 11 is 0. The monoisotopic (exact) mass is 629 g/mol. The highest BCUT2D eigenvalue weighted by Gasteiger charge is 2.61. The third kappa shape index (κ3) is 3.99. The second-order valence-corrected chi connectivity index (χ2v) is 15.4. The molecule has 0 saturated heterocycles. The van der Waals surface area contributed by atoms with Crippen molar-refractivity contribution in [1.82, 2.24) is 0 Å². The van der Waals surface area contributed by atoms with Crippen LogP contribution in [-0.4, -0.2) is 0 Å². The highest BCUT2D eigenvalue weighted by Crippen LogP contribution is 2.69. The fourth-order valence-corrected chi connectivity index (χ4v) is 11.3. The molecule has 0 N–H and O–H groups in total. The Morgan fingerprint density at radius 3 is 1.82 bits per heavy atom. The molecular weight excluding hydrogens is 591 g/mol. The molecule has 12 rings (SSSR count). The van der Waals surface area contributed by atoms with Gasteiger partial charge in [0.15, 0.2) is 0 Å². The molecule has 5 aliphatic carbocycles. The van der Waals surface area contributed by atoms with E-state index in [0.29, 0.717) is 0 Å². The van der Waals surface area contributed by atoms with E-state index in [4.69, 9.17) is 0 Å². The molecule has 236 valence electrons. The summed E-state index contributed by atoms with van der Waals surface area (Å²) < 4.78 is 0. The summed E-state index contributed by atoms with van der Waals surface area (Å²) in [6, 6.07) is 57.2. The van der Waals surface area contributed by atoms with Crippen LogP contribution in [0.15, 0.2) is 152 Å². The van der Waals surface area contributed by atoms with Gasteiger partial charge >= 0.3 is 0 Å². The van der Waals surface area contributed by atoms with Gasteiger partial charge in [-0.05, 0) is 147 Å². The first kappa shape index (κ1) is 27.8. The van der Waals surface area contributed by atoms with Gasteiger partial charge in [-0.2, -0.15) is 0 Å². The lowest BCUT2D eigenvalue weighted by atomic mass is 9.43. The molecule has 1 spiro atoms. The Hall–Kier alpha value is -5.14. The van der Waals surface area contributed by atoms with Gasteiger partial charge in [-0.15, -0.1) is 0 Å². The van der Waals surface area contributed by atoms with Crippen LogP contribution in [0.4, 0.5) is 17.1 Å². The normalized spacial score (nSPS) is 24.4. The summed E-state index contributed by atoms with van der Waals surface area (Å²) in [5, 5.41) is 5.17. The Bertz CT molecular complexity index is 2370. The quantitative estimate of drug-likeness (QED) is 0.175. The van der Waals surface area contributed by atoms with Crippen molar-refractivity contribution >= 4 is 38.6 Å². The Balaban J connectivity index is 1.11. The van der Waals surface area contributed by atoms with Gasteiger partial charge in [0.2, 0.25) is 0 Å². The van der Waals surface area contributed by atoms with Crippen LogP contribution in [-0.2, 0) is 5.41 Å². The highest BCUT2D eigenvalue weighted by atomic mass is 15.1. The maximum absolute atomic E-state index is 2.62. The lowest BCUT2D eigenvalue weighted by Gasteiger charge is -2.61. The number of benzene rings is 7. The van der Waals surface area contributed by atoms with Gasteiger partial charge in [-0.3, -0.25) is 0 Å². The van der Waals surface area contributed by atoms with Crippen LogP contribution in [0, 0.1) is 23.7 Å². The molecule has 0 amide bonds. The van der Waals surface area contributed by atoms with Gasteiger partial charge in [0.25, 0.3) is 0 Å². The third-order valence-electron chi connectivity index (χ3n) is 13.0. The third-order valence-corrected chi connectivity index (χ3v) is 13.0. The smallest absolute Gasteiger partial charge is 0.0468 e. The molecule has 7 aromatic rings. The maximum Gasteiger partial charge on any atom is 0.0468 e. The molecule has 0 radical (unpaired) electrons. The van der Waals surface area contributed by atoms with E-state index >= 15 is 0 Å². The molecule has 0 atom stereocenters. The Labute approximate surface area is 288 Å². The zero-order chi connectivity index (χ0) is 32.1. The number of nitrogens with zero attached hydrogens (tertiary/aromatic N) is 1. The van der Waals surface area contributed by atoms with Crippen LogP contribution in [0.25, 0.3) is 43.8 Å². The topological polar surface area (TPSA) is 3.24 Å². The second-order valence-electron chi connectivity index (χ2n) is 15.4. The molecule has 1 nitrogen and oxygen atoms in total. The zero-order valence-corrected chi connectivity index (χ0v) is 27.7. The number of rotatable bonds is 4. The number of fused-ring (bicyclic) bond motifs is 6. The van der Waals surface area contributed by atoms with E-state index in [1.54, 1.807) is 11.1 Å². The summed E-state index contributed by atoms with van der Waals surface area (Å²) in [7, 11) is 0. The van der Waals surface area contributed by atoms with E-state index in [1.165, 1.54) is 93.0 Å². The van der Waals surface area contributed by atoms with Gasteiger partial charge < -0.3 is 4.90 Å². The maximum atomic E-state index is 2.62. The Morgan fingerprint density at radius 1 is 0.408 bits per heavy atom. The van der Waals surface area contributed by atoms with Crippen molar-refractivity contribution in [2.75, 3.05) is 4.90 Å². The summed E-state index contributed by atoms with van der Waals surface area (Å²) in [5.74, 6) is 3.35. The first-order valence-corrected chi connectivity index (χ1v) is 18.4. The van der Waals surface area contributed by atoms with Gasteiger partial charge in [-0.25, -0.2) is 0 Å². The molecule has 5 aliphatic rings. The summed E-state index contributed by atoms with van der Waals surface area (Å²) in [6.45, 7) is 0.